The van der Waals surface area contributed by atoms with Crippen LogP contribution in [0.2, 0.25) is 0 Å². The second-order valence-corrected chi connectivity index (χ2v) is 8.21. The van der Waals surface area contributed by atoms with Crippen molar-refractivity contribution in [1.29, 1.82) is 5.41 Å². The lowest BCUT2D eigenvalue weighted by Gasteiger charge is -2.14. The Morgan fingerprint density at radius 3 is 2.32 bits per heavy atom. The highest BCUT2D eigenvalue weighted by Gasteiger charge is 2.20. The first-order chi connectivity index (χ1) is 14.9. The molecule has 1 aliphatic rings. The maximum Gasteiger partial charge on any atom is 0.306 e. The summed E-state index contributed by atoms with van der Waals surface area (Å²) in [6.07, 6.45) is 9.83. The standard InChI is InChI=1S/C26H35NO4/c1-3-22(24(28)4-2)23(27)15-17-26(30)31-18-20-10-13-21(14-11-20)25(29)16-12-19-8-6-5-7-9-19/h10-14,22,27H,3-9,15-18H2,1-2H3. The Morgan fingerprint density at radius 1 is 1.03 bits per heavy atom. The Hall–Kier alpha value is -2.56. The highest BCUT2D eigenvalue weighted by Crippen LogP contribution is 2.23. The van der Waals surface area contributed by atoms with Crippen molar-refractivity contribution in [1.82, 2.24) is 0 Å². The molecule has 1 aromatic rings. The molecule has 5 heteroatoms. The zero-order valence-electron chi connectivity index (χ0n) is 18.9. The zero-order valence-corrected chi connectivity index (χ0v) is 18.9. The molecule has 1 unspecified atom stereocenters. The average molecular weight is 426 g/mol. The van der Waals surface area contributed by atoms with E-state index in [4.69, 9.17) is 10.1 Å². The Labute approximate surface area is 185 Å². The summed E-state index contributed by atoms with van der Waals surface area (Å²) < 4.78 is 5.29. The summed E-state index contributed by atoms with van der Waals surface area (Å²) in [5.41, 5.74) is 3.19. The van der Waals surface area contributed by atoms with E-state index in [0.717, 1.165) is 18.4 Å². The summed E-state index contributed by atoms with van der Waals surface area (Å²) in [6.45, 7) is 3.81. The van der Waals surface area contributed by atoms with Crippen molar-refractivity contribution in [3.8, 4) is 0 Å². The molecule has 2 rings (SSSR count). The second kappa shape index (κ2) is 13.0. The summed E-state index contributed by atoms with van der Waals surface area (Å²) in [5, 5.41) is 8.07. The Morgan fingerprint density at radius 2 is 1.71 bits per heavy atom. The number of ketones is 2. The van der Waals surface area contributed by atoms with Gasteiger partial charge in [-0.15, -0.1) is 0 Å². The van der Waals surface area contributed by atoms with Gasteiger partial charge in [0.2, 0.25) is 0 Å². The molecule has 1 fully saturated rings. The van der Waals surface area contributed by atoms with Crippen LogP contribution < -0.4 is 0 Å². The summed E-state index contributed by atoms with van der Waals surface area (Å²) in [7, 11) is 0. The van der Waals surface area contributed by atoms with Gasteiger partial charge in [-0.2, -0.15) is 0 Å². The lowest BCUT2D eigenvalue weighted by Crippen LogP contribution is -2.23. The summed E-state index contributed by atoms with van der Waals surface area (Å²) >= 11 is 0. The molecular formula is C26H35NO4. The van der Waals surface area contributed by atoms with E-state index in [0.29, 0.717) is 30.5 Å². The third-order valence-corrected chi connectivity index (χ3v) is 5.91. The van der Waals surface area contributed by atoms with Crippen LogP contribution in [0.5, 0.6) is 0 Å². The van der Waals surface area contributed by atoms with Gasteiger partial charge >= 0.3 is 5.97 Å². The van der Waals surface area contributed by atoms with Gasteiger partial charge in [0.05, 0.1) is 12.3 Å². The first kappa shape index (κ1) is 24.7. The quantitative estimate of drug-likeness (QED) is 0.193. The molecule has 0 spiro atoms. The fourth-order valence-corrected chi connectivity index (χ4v) is 3.91. The van der Waals surface area contributed by atoms with Crippen LogP contribution in [0.15, 0.2) is 35.9 Å². The van der Waals surface area contributed by atoms with E-state index >= 15 is 0 Å². The van der Waals surface area contributed by atoms with Crippen LogP contribution in [0.1, 0.15) is 94.0 Å². The number of carbonyl (C=O) groups is 3. The summed E-state index contributed by atoms with van der Waals surface area (Å²) in [5.74, 6) is -0.628. The average Bonchev–Trinajstić information content (AvgIpc) is 2.81. The Kier molecular flexibility index (Phi) is 10.3. The van der Waals surface area contributed by atoms with Crippen molar-refractivity contribution in [2.45, 2.75) is 84.7 Å². The molecule has 168 valence electrons. The summed E-state index contributed by atoms with van der Waals surface area (Å²) in [6, 6.07) is 7.18. The van der Waals surface area contributed by atoms with Gasteiger partial charge in [0, 0.05) is 24.1 Å². The highest BCUT2D eigenvalue weighted by molar-refractivity contribution is 6.04. The molecule has 0 amide bonds. The van der Waals surface area contributed by atoms with Crippen molar-refractivity contribution in [2.24, 2.45) is 5.92 Å². The molecule has 1 aliphatic carbocycles. The molecule has 5 nitrogen and oxygen atoms in total. The van der Waals surface area contributed by atoms with Gasteiger partial charge in [-0.3, -0.25) is 14.4 Å². The number of carbonyl (C=O) groups excluding carboxylic acids is 3. The molecule has 0 aliphatic heterocycles. The molecule has 1 N–H and O–H groups in total. The smallest absolute Gasteiger partial charge is 0.306 e. The van der Waals surface area contributed by atoms with Crippen LogP contribution in [-0.2, 0) is 20.9 Å². The highest BCUT2D eigenvalue weighted by atomic mass is 16.5. The molecule has 0 bridgehead atoms. The SMILES string of the molecule is CCC(=O)C(CC)C(=N)CCC(=O)OCc1ccc(C(=O)CC=C2CCCCC2)cc1. The topological polar surface area (TPSA) is 84.3 Å². The number of hydrogen-bond donors (Lipinski definition) is 1. The first-order valence-electron chi connectivity index (χ1n) is 11.5. The molecule has 0 saturated heterocycles. The van der Waals surface area contributed by atoms with Gasteiger partial charge in [-0.1, -0.05) is 56.2 Å². The molecule has 31 heavy (non-hydrogen) atoms. The van der Waals surface area contributed by atoms with E-state index in [1.54, 1.807) is 19.1 Å². The van der Waals surface area contributed by atoms with E-state index in [2.05, 4.69) is 6.08 Å². The predicted molar refractivity (Wildman–Crippen MR) is 122 cm³/mol. The molecule has 1 saturated carbocycles. The van der Waals surface area contributed by atoms with E-state index < -0.39 is 5.92 Å². The van der Waals surface area contributed by atoms with E-state index in [1.165, 1.54) is 24.8 Å². The van der Waals surface area contributed by atoms with Gasteiger partial charge in [-0.05, 0) is 44.1 Å². The third kappa shape index (κ3) is 8.23. The minimum Gasteiger partial charge on any atom is -0.461 e. The molecular weight excluding hydrogens is 390 g/mol. The number of ether oxygens (including phenoxy) is 1. The van der Waals surface area contributed by atoms with E-state index in [9.17, 15) is 14.4 Å². The van der Waals surface area contributed by atoms with Crippen molar-refractivity contribution >= 4 is 23.2 Å². The van der Waals surface area contributed by atoms with Crippen LogP contribution >= 0.6 is 0 Å². The molecule has 0 aromatic heterocycles. The minimum absolute atomic E-state index is 0.0467. The number of hydrogen-bond acceptors (Lipinski definition) is 5. The van der Waals surface area contributed by atoms with E-state index in [-0.39, 0.29) is 37.0 Å². The monoisotopic (exact) mass is 425 g/mol. The number of esters is 1. The molecule has 0 radical (unpaired) electrons. The van der Waals surface area contributed by atoms with Crippen LogP contribution in [0.25, 0.3) is 0 Å². The summed E-state index contributed by atoms with van der Waals surface area (Å²) in [4.78, 5) is 36.3. The number of nitrogens with one attached hydrogen (secondary N) is 1. The Balaban J connectivity index is 1.75. The maximum absolute atomic E-state index is 12.4. The Bertz CT molecular complexity index is 799. The van der Waals surface area contributed by atoms with Gasteiger partial charge in [0.1, 0.15) is 12.4 Å². The van der Waals surface area contributed by atoms with Crippen molar-refractivity contribution in [3.63, 3.8) is 0 Å². The fraction of sp³-hybridized carbons (Fsp3) is 0.538. The van der Waals surface area contributed by atoms with Crippen molar-refractivity contribution in [3.05, 3.63) is 47.0 Å². The zero-order chi connectivity index (χ0) is 22.6. The maximum atomic E-state index is 12.4. The fourth-order valence-electron chi connectivity index (χ4n) is 3.91. The second-order valence-electron chi connectivity index (χ2n) is 8.21. The number of Topliss-reactive ketones (excluding diaryl/α,β-unsaturated/α-hetero) is 2. The van der Waals surface area contributed by atoms with Gasteiger partial charge in [0.25, 0.3) is 0 Å². The van der Waals surface area contributed by atoms with Crippen LogP contribution in [0, 0.1) is 11.3 Å². The largest absolute Gasteiger partial charge is 0.461 e. The first-order valence-corrected chi connectivity index (χ1v) is 11.5. The molecule has 0 heterocycles. The number of benzene rings is 1. The third-order valence-electron chi connectivity index (χ3n) is 5.91. The van der Waals surface area contributed by atoms with Gasteiger partial charge in [-0.25, -0.2) is 0 Å². The number of rotatable bonds is 12. The van der Waals surface area contributed by atoms with Crippen molar-refractivity contribution in [2.75, 3.05) is 0 Å². The predicted octanol–water partition coefficient (Wildman–Crippen LogP) is 6.00. The van der Waals surface area contributed by atoms with Gasteiger partial charge < -0.3 is 10.1 Å². The normalized spacial score (nSPS) is 14.6. The molecule has 1 atom stereocenters. The number of allylic oxidation sites excluding steroid dienone is 2. The lowest BCUT2D eigenvalue weighted by molar-refractivity contribution is -0.144. The van der Waals surface area contributed by atoms with Crippen LogP contribution in [-0.4, -0.2) is 23.2 Å². The van der Waals surface area contributed by atoms with Gasteiger partial charge in [0.15, 0.2) is 5.78 Å². The van der Waals surface area contributed by atoms with Crippen molar-refractivity contribution < 1.29 is 19.1 Å². The molecule has 1 aromatic carbocycles. The minimum atomic E-state index is -0.392. The van der Waals surface area contributed by atoms with Crippen LogP contribution in [0.4, 0.5) is 0 Å². The lowest BCUT2D eigenvalue weighted by atomic mass is 9.91. The van der Waals surface area contributed by atoms with E-state index in [1.807, 2.05) is 19.1 Å². The van der Waals surface area contributed by atoms with Crippen LogP contribution in [0.3, 0.4) is 0 Å².